The van der Waals surface area contributed by atoms with E-state index in [0.29, 0.717) is 0 Å². The first-order valence-corrected chi connectivity index (χ1v) is 11.8. The Morgan fingerprint density at radius 2 is 1.39 bits per heavy atom. The molecule has 1 aliphatic heterocycles. The van der Waals surface area contributed by atoms with Gasteiger partial charge in [-0.2, -0.15) is 0 Å². The highest BCUT2D eigenvalue weighted by Crippen LogP contribution is 2.41. The minimum atomic E-state index is -1.34. The number of aryl methyl sites for hydroxylation is 1. The molecule has 0 unspecified atom stereocenters. The van der Waals surface area contributed by atoms with Crippen molar-refractivity contribution in [2.24, 2.45) is 0 Å². The van der Waals surface area contributed by atoms with Crippen molar-refractivity contribution in [2.45, 2.75) is 58.4 Å². The number of carbonyl (C=O) groups is 4. The van der Waals surface area contributed by atoms with Crippen LogP contribution in [0.1, 0.15) is 58.2 Å². The van der Waals surface area contributed by atoms with E-state index in [2.05, 4.69) is 0 Å². The monoisotopic (exact) mass is 528 g/mol. The number of ether oxygens (including phenoxy) is 6. The van der Waals surface area contributed by atoms with E-state index in [9.17, 15) is 24.3 Å². The number of esters is 2. The van der Waals surface area contributed by atoms with Crippen molar-refractivity contribution in [2.75, 3.05) is 14.2 Å². The summed E-state index contributed by atoms with van der Waals surface area (Å²) in [6.07, 6.45) is -6.14. The molecule has 0 amide bonds. The summed E-state index contributed by atoms with van der Waals surface area (Å²) >= 11 is 0. The molecule has 2 aromatic rings. The Morgan fingerprint density at radius 1 is 0.842 bits per heavy atom. The maximum atomic E-state index is 13.6. The number of rotatable bonds is 6. The van der Waals surface area contributed by atoms with E-state index >= 15 is 0 Å². The molecule has 1 aliphatic carbocycles. The first-order valence-electron chi connectivity index (χ1n) is 11.8. The summed E-state index contributed by atoms with van der Waals surface area (Å²) < 4.78 is 33.1. The van der Waals surface area contributed by atoms with E-state index in [1.54, 1.807) is 19.1 Å². The van der Waals surface area contributed by atoms with Gasteiger partial charge in [0.05, 0.1) is 31.5 Å². The lowest BCUT2D eigenvalue weighted by Crippen LogP contribution is -2.60. The third-order valence-electron chi connectivity index (χ3n) is 6.32. The molecule has 202 valence electrons. The molecule has 1 saturated heterocycles. The number of hydrogen-bond acceptors (Lipinski definition) is 11. The lowest BCUT2D eigenvalue weighted by Gasteiger charge is -2.42. The van der Waals surface area contributed by atoms with Crippen molar-refractivity contribution in [3.05, 3.63) is 52.1 Å². The molecule has 5 atom stereocenters. The Kier molecular flexibility index (Phi) is 7.43. The van der Waals surface area contributed by atoms with Gasteiger partial charge in [0.25, 0.3) is 0 Å². The third-order valence-corrected chi connectivity index (χ3v) is 6.32. The predicted octanol–water partition coefficient (Wildman–Crippen LogP) is 2.14. The van der Waals surface area contributed by atoms with Crippen molar-refractivity contribution in [3.8, 4) is 17.2 Å². The van der Waals surface area contributed by atoms with Crippen molar-refractivity contribution in [3.63, 3.8) is 0 Å². The Bertz CT molecular complexity index is 1310. The fourth-order valence-corrected chi connectivity index (χ4v) is 4.69. The van der Waals surface area contributed by atoms with Crippen molar-refractivity contribution >= 4 is 23.5 Å². The van der Waals surface area contributed by atoms with Crippen LogP contribution < -0.4 is 14.2 Å². The van der Waals surface area contributed by atoms with Crippen LogP contribution in [0.5, 0.6) is 17.2 Å². The first-order chi connectivity index (χ1) is 18.0. The number of ketones is 2. The molecule has 0 bridgehead atoms. The van der Waals surface area contributed by atoms with Gasteiger partial charge in [-0.1, -0.05) is 0 Å². The van der Waals surface area contributed by atoms with Gasteiger partial charge >= 0.3 is 11.9 Å². The quantitative estimate of drug-likeness (QED) is 0.470. The van der Waals surface area contributed by atoms with Gasteiger partial charge in [-0.15, -0.1) is 0 Å². The van der Waals surface area contributed by atoms with E-state index in [0.717, 1.165) is 19.4 Å². The van der Waals surface area contributed by atoms with Crippen molar-refractivity contribution in [1.29, 1.82) is 0 Å². The van der Waals surface area contributed by atoms with Crippen LogP contribution in [0.2, 0.25) is 0 Å². The average molecular weight is 529 g/mol. The minimum absolute atomic E-state index is 0.0361. The topological polar surface area (TPSA) is 144 Å². The molecule has 1 heterocycles. The third kappa shape index (κ3) is 4.82. The van der Waals surface area contributed by atoms with Crippen LogP contribution in [0, 0.1) is 6.92 Å². The van der Waals surface area contributed by atoms with Crippen LogP contribution in [0.4, 0.5) is 0 Å². The maximum absolute atomic E-state index is 13.6. The van der Waals surface area contributed by atoms with Crippen LogP contribution >= 0.6 is 0 Å². The Hall–Kier alpha value is -3.96. The zero-order chi connectivity index (χ0) is 27.9. The predicted molar refractivity (Wildman–Crippen MR) is 130 cm³/mol. The van der Waals surface area contributed by atoms with E-state index in [4.69, 9.17) is 28.4 Å². The van der Waals surface area contributed by atoms with E-state index < -0.39 is 54.2 Å². The standard InChI is InChI=1S/C27H28O11/c1-11-7-16-20(18(8-11)33-5)24(32)21-17(23(16)31)9-15(10-19(21)34-6)38-27-26(37-14(4)29)25(36-13(3)28)22(30)12(2)35-27/h7-10,12,22,25-27,30H,1-6H3/t12-,22-,25+,26+,27-/m0/s1. The van der Waals surface area contributed by atoms with E-state index in [1.807, 2.05) is 0 Å². The summed E-state index contributed by atoms with van der Waals surface area (Å²) in [4.78, 5) is 50.6. The summed E-state index contributed by atoms with van der Waals surface area (Å²) in [5.74, 6) is -1.93. The van der Waals surface area contributed by atoms with Gasteiger partial charge in [0.2, 0.25) is 18.2 Å². The second-order valence-corrected chi connectivity index (χ2v) is 9.06. The molecule has 2 aromatic carbocycles. The molecule has 0 aromatic heterocycles. The van der Waals surface area contributed by atoms with Crippen LogP contribution in [0.3, 0.4) is 0 Å². The maximum Gasteiger partial charge on any atom is 0.303 e. The largest absolute Gasteiger partial charge is 0.496 e. The van der Waals surface area contributed by atoms with Crippen LogP contribution in [0.15, 0.2) is 24.3 Å². The lowest BCUT2D eigenvalue weighted by atomic mass is 9.82. The number of hydrogen-bond donors (Lipinski definition) is 1. The number of methoxy groups -OCH3 is 2. The van der Waals surface area contributed by atoms with Gasteiger partial charge < -0.3 is 33.5 Å². The fourth-order valence-electron chi connectivity index (χ4n) is 4.69. The summed E-state index contributed by atoms with van der Waals surface area (Å²) in [7, 11) is 2.76. The fraction of sp³-hybridized carbons (Fsp3) is 0.407. The molecular formula is C27H28O11. The molecular weight excluding hydrogens is 500 g/mol. The first kappa shape index (κ1) is 27.1. The van der Waals surface area contributed by atoms with Crippen molar-refractivity contribution in [1.82, 2.24) is 0 Å². The summed E-state index contributed by atoms with van der Waals surface area (Å²) in [6.45, 7) is 5.61. The second-order valence-electron chi connectivity index (χ2n) is 9.06. The molecule has 4 rings (SSSR count). The zero-order valence-electron chi connectivity index (χ0n) is 21.7. The summed E-state index contributed by atoms with van der Waals surface area (Å²) in [6, 6.07) is 6.03. The number of carbonyl (C=O) groups excluding carboxylic acids is 4. The lowest BCUT2D eigenvalue weighted by molar-refractivity contribution is -0.277. The summed E-state index contributed by atoms with van der Waals surface area (Å²) in [5.41, 5.74) is 1.13. The highest BCUT2D eigenvalue weighted by Gasteiger charge is 2.49. The molecule has 11 nitrogen and oxygen atoms in total. The van der Waals surface area contributed by atoms with Crippen LogP contribution in [-0.2, 0) is 23.8 Å². The van der Waals surface area contributed by atoms with E-state index in [-0.39, 0.29) is 39.5 Å². The molecule has 1 fully saturated rings. The normalized spacial score (nSPS) is 24.1. The van der Waals surface area contributed by atoms with Gasteiger partial charge in [-0.3, -0.25) is 19.2 Å². The number of fused-ring (bicyclic) bond motifs is 2. The zero-order valence-corrected chi connectivity index (χ0v) is 21.7. The van der Waals surface area contributed by atoms with E-state index in [1.165, 1.54) is 33.3 Å². The smallest absolute Gasteiger partial charge is 0.303 e. The number of benzene rings is 2. The van der Waals surface area contributed by atoms with Gasteiger partial charge in [0, 0.05) is 31.0 Å². The molecule has 11 heteroatoms. The molecule has 0 saturated carbocycles. The van der Waals surface area contributed by atoms with Crippen molar-refractivity contribution < 1.29 is 52.7 Å². The highest BCUT2D eigenvalue weighted by atomic mass is 16.7. The van der Waals surface area contributed by atoms with Crippen LogP contribution in [-0.4, -0.2) is 73.5 Å². The minimum Gasteiger partial charge on any atom is -0.496 e. The Labute approximate surface area is 218 Å². The Balaban J connectivity index is 1.77. The Morgan fingerprint density at radius 3 is 1.97 bits per heavy atom. The highest BCUT2D eigenvalue weighted by molar-refractivity contribution is 6.30. The van der Waals surface area contributed by atoms with Gasteiger partial charge in [-0.05, 0) is 37.6 Å². The molecule has 1 N–H and O–H groups in total. The second kappa shape index (κ2) is 10.4. The SMILES string of the molecule is COc1cc(C)cc2c1C(=O)c1c(OC)cc(O[C@@H]3O[C@@H](C)[C@H](O)[C@@H](OC(C)=O)[C@H]3OC(C)=O)cc1C2=O. The molecule has 0 radical (unpaired) electrons. The van der Waals surface area contributed by atoms with Gasteiger partial charge in [0.15, 0.2) is 11.9 Å². The summed E-state index contributed by atoms with van der Waals surface area (Å²) in [5, 5.41) is 10.6. The van der Waals surface area contributed by atoms with Crippen LogP contribution in [0.25, 0.3) is 0 Å². The average Bonchev–Trinajstić information content (AvgIpc) is 2.86. The number of aliphatic hydroxyl groups excluding tert-OH is 1. The molecule has 38 heavy (non-hydrogen) atoms. The van der Waals surface area contributed by atoms with Gasteiger partial charge in [-0.25, -0.2) is 0 Å². The van der Waals surface area contributed by atoms with Gasteiger partial charge in [0.1, 0.15) is 23.4 Å². The number of aliphatic hydroxyl groups is 1. The molecule has 2 aliphatic rings. The molecule has 0 spiro atoms.